The van der Waals surface area contributed by atoms with Crippen molar-refractivity contribution in [1.29, 1.82) is 0 Å². The number of imidazole rings is 1. The Morgan fingerprint density at radius 2 is 1.63 bits per heavy atom. The summed E-state index contributed by atoms with van der Waals surface area (Å²) in [4.78, 5) is 18.8. The van der Waals surface area contributed by atoms with Crippen LogP contribution in [-0.2, 0) is 7.05 Å². The molecule has 1 saturated heterocycles. The fraction of sp³-hybridized carbons (Fsp3) is 0.387. The number of hydrogen-bond donors (Lipinski definition) is 2. The molecule has 0 radical (unpaired) electrons. The minimum atomic E-state index is -0.276. The zero-order chi connectivity index (χ0) is 28.1. The summed E-state index contributed by atoms with van der Waals surface area (Å²) >= 11 is 0. The SMILES string of the molecule is CN1CCN(C2CCC(n3cc(-c4ccc(Nc5nc6ccc(F)cc6n5C)cc4)c4c(N)ncnc43)CC2)CC1. The number of benzene rings is 2. The number of aromatic nitrogens is 5. The van der Waals surface area contributed by atoms with E-state index in [4.69, 9.17) is 10.7 Å². The van der Waals surface area contributed by atoms with Gasteiger partial charge >= 0.3 is 0 Å². The number of hydrogen-bond acceptors (Lipinski definition) is 7. The molecule has 0 atom stereocenters. The molecule has 0 spiro atoms. The van der Waals surface area contributed by atoms with Crippen LogP contribution in [0.1, 0.15) is 31.7 Å². The number of likely N-dealkylation sites (N-methyl/N-ethyl adjacent to an activating group) is 1. The first kappa shape index (κ1) is 25.9. The van der Waals surface area contributed by atoms with Crippen molar-refractivity contribution in [2.45, 2.75) is 37.8 Å². The zero-order valence-electron chi connectivity index (χ0n) is 23.6. The number of nitrogens with zero attached hydrogens (tertiary/aromatic N) is 7. The molecule has 3 N–H and O–H groups in total. The molecule has 2 aromatic carbocycles. The lowest BCUT2D eigenvalue weighted by molar-refractivity contribution is 0.0828. The number of nitrogens with two attached hydrogens (primary N) is 1. The Morgan fingerprint density at radius 1 is 0.902 bits per heavy atom. The van der Waals surface area contributed by atoms with Gasteiger partial charge in [-0.05, 0) is 68.6 Å². The van der Waals surface area contributed by atoms with E-state index in [1.54, 1.807) is 12.4 Å². The van der Waals surface area contributed by atoms with Gasteiger partial charge in [0.15, 0.2) is 0 Å². The predicted octanol–water partition coefficient (Wildman–Crippen LogP) is 5.18. The smallest absolute Gasteiger partial charge is 0.208 e. The quantitative estimate of drug-likeness (QED) is 0.310. The summed E-state index contributed by atoms with van der Waals surface area (Å²) in [6.07, 6.45) is 8.48. The first-order valence-electron chi connectivity index (χ1n) is 14.5. The standard InChI is InChI=1S/C31H36FN9/c1-38-13-15-40(16-14-38)23-8-10-24(11-9-23)41-18-25(28-29(33)34-19-35-30(28)41)20-3-6-22(7-4-20)36-31-37-26-12-5-21(32)17-27(26)39(31)2/h3-7,12,17-19,23-24H,8-11,13-16H2,1-2H3,(H,36,37)(H2,33,34,35). The summed E-state index contributed by atoms with van der Waals surface area (Å²) in [5.41, 5.74) is 11.8. The average Bonchev–Trinajstić information content (AvgIpc) is 3.53. The molecule has 2 aliphatic rings. The first-order valence-corrected chi connectivity index (χ1v) is 14.5. The van der Waals surface area contributed by atoms with Crippen LogP contribution in [-0.4, -0.2) is 73.2 Å². The van der Waals surface area contributed by atoms with Crippen molar-refractivity contribution in [1.82, 2.24) is 33.9 Å². The molecule has 9 nitrogen and oxygen atoms in total. The zero-order valence-corrected chi connectivity index (χ0v) is 23.6. The maximum Gasteiger partial charge on any atom is 0.208 e. The molecule has 0 bridgehead atoms. The van der Waals surface area contributed by atoms with Crippen molar-refractivity contribution in [3.8, 4) is 11.1 Å². The lowest BCUT2D eigenvalue weighted by atomic mass is 9.89. The van der Waals surface area contributed by atoms with Gasteiger partial charge in [0.2, 0.25) is 5.95 Å². The van der Waals surface area contributed by atoms with Gasteiger partial charge in [0.25, 0.3) is 0 Å². The van der Waals surface area contributed by atoms with E-state index in [0.29, 0.717) is 23.8 Å². The number of nitrogens with one attached hydrogen (secondary N) is 1. The van der Waals surface area contributed by atoms with Crippen LogP contribution in [0.15, 0.2) is 55.0 Å². The van der Waals surface area contributed by atoms with Crippen LogP contribution in [0.4, 0.5) is 21.8 Å². The van der Waals surface area contributed by atoms with E-state index in [9.17, 15) is 4.39 Å². The molecule has 0 amide bonds. The third kappa shape index (κ3) is 4.81. The molecule has 212 valence electrons. The van der Waals surface area contributed by atoms with Crippen molar-refractivity contribution in [2.75, 3.05) is 44.3 Å². The summed E-state index contributed by atoms with van der Waals surface area (Å²) in [5.74, 6) is 0.880. The summed E-state index contributed by atoms with van der Waals surface area (Å²) in [7, 11) is 4.09. The summed E-state index contributed by atoms with van der Waals surface area (Å²) < 4.78 is 17.9. The Labute approximate surface area is 238 Å². The minimum Gasteiger partial charge on any atom is -0.383 e. The molecule has 10 heteroatoms. The van der Waals surface area contributed by atoms with Gasteiger partial charge in [0.1, 0.15) is 23.6 Å². The molecule has 3 aromatic heterocycles. The van der Waals surface area contributed by atoms with Crippen LogP contribution >= 0.6 is 0 Å². The number of rotatable bonds is 5. The van der Waals surface area contributed by atoms with Gasteiger partial charge in [-0.3, -0.25) is 4.90 Å². The van der Waals surface area contributed by atoms with Crippen LogP contribution in [0.3, 0.4) is 0 Å². The van der Waals surface area contributed by atoms with Crippen LogP contribution in [0.5, 0.6) is 0 Å². The highest BCUT2D eigenvalue weighted by molar-refractivity contribution is 6.00. The van der Waals surface area contributed by atoms with E-state index in [1.807, 2.05) is 23.7 Å². The Kier molecular flexibility index (Phi) is 6.59. The molecular weight excluding hydrogens is 517 g/mol. The maximum atomic E-state index is 13.7. The Hall–Kier alpha value is -4.02. The number of fused-ring (bicyclic) bond motifs is 2. The Balaban J connectivity index is 1.13. The van der Waals surface area contributed by atoms with Crippen molar-refractivity contribution in [2.24, 2.45) is 7.05 Å². The minimum absolute atomic E-state index is 0.276. The molecule has 1 aliphatic carbocycles. The molecular formula is C31H36FN9. The second-order valence-electron chi connectivity index (χ2n) is 11.5. The highest BCUT2D eigenvalue weighted by Crippen LogP contribution is 2.39. The molecule has 5 aromatic rings. The fourth-order valence-corrected chi connectivity index (χ4v) is 6.63. The van der Waals surface area contributed by atoms with Crippen LogP contribution in [0.2, 0.25) is 0 Å². The second-order valence-corrected chi connectivity index (χ2v) is 11.5. The molecule has 1 aliphatic heterocycles. The monoisotopic (exact) mass is 553 g/mol. The maximum absolute atomic E-state index is 13.7. The van der Waals surface area contributed by atoms with Crippen molar-refractivity contribution < 1.29 is 4.39 Å². The van der Waals surface area contributed by atoms with Gasteiger partial charge in [0.05, 0.1) is 16.4 Å². The van der Waals surface area contributed by atoms with Gasteiger partial charge in [-0.15, -0.1) is 0 Å². The van der Waals surface area contributed by atoms with E-state index in [0.717, 1.165) is 64.8 Å². The number of piperazine rings is 1. The third-order valence-corrected chi connectivity index (χ3v) is 9.05. The first-order chi connectivity index (χ1) is 19.9. The summed E-state index contributed by atoms with van der Waals surface area (Å²) in [6.45, 7) is 4.67. The van der Waals surface area contributed by atoms with E-state index in [1.165, 1.54) is 38.1 Å². The molecule has 4 heterocycles. The van der Waals surface area contributed by atoms with Crippen molar-refractivity contribution >= 4 is 39.5 Å². The number of halogens is 1. The molecule has 1 saturated carbocycles. The Morgan fingerprint density at radius 3 is 2.39 bits per heavy atom. The molecule has 0 unspecified atom stereocenters. The highest BCUT2D eigenvalue weighted by Gasteiger charge is 2.30. The van der Waals surface area contributed by atoms with Crippen molar-refractivity contribution in [3.05, 3.63) is 60.8 Å². The predicted molar refractivity (Wildman–Crippen MR) is 162 cm³/mol. The van der Waals surface area contributed by atoms with Crippen LogP contribution in [0.25, 0.3) is 33.2 Å². The number of nitrogen functional groups attached to an aromatic ring is 1. The molecule has 2 fully saturated rings. The van der Waals surface area contributed by atoms with E-state index >= 15 is 0 Å². The lowest BCUT2D eigenvalue weighted by Gasteiger charge is -2.41. The number of aryl methyl sites for hydroxylation is 1. The van der Waals surface area contributed by atoms with Crippen LogP contribution < -0.4 is 11.1 Å². The molecule has 41 heavy (non-hydrogen) atoms. The largest absolute Gasteiger partial charge is 0.383 e. The van der Waals surface area contributed by atoms with Gasteiger partial charge < -0.3 is 25.1 Å². The lowest BCUT2D eigenvalue weighted by Crippen LogP contribution is -2.49. The van der Waals surface area contributed by atoms with Crippen molar-refractivity contribution in [3.63, 3.8) is 0 Å². The van der Waals surface area contributed by atoms with E-state index in [2.05, 4.69) is 55.0 Å². The summed E-state index contributed by atoms with van der Waals surface area (Å²) in [6, 6.07) is 13.9. The second kappa shape index (κ2) is 10.4. The third-order valence-electron chi connectivity index (χ3n) is 9.05. The van der Waals surface area contributed by atoms with Gasteiger partial charge in [0, 0.05) is 62.8 Å². The Bertz CT molecular complexity index is 1690. The normalized spacial score (nSPS) is 20.7. The molecule has 7 rings (SSSR count). The van der Waals surface area contributed by atoms with Crippen LogP contribution in [0, 0.1) is 5.82 Å². The highest BCUT2D eigenvalue weighted by atomic mass is 19.1. The average molecular weight is 554 g/mol. The number of anilines is 3. The summed E-state index contributed by atoms with van der Waals surface area (Å²) in [5, 5.41) is 4.28. The van der Waals surface area contributed by atoms with E-state index in [-0.39, 0.29) is 5.82 Å². The van der Waals surface area contributed by atoms with E-state index < -0.39 is 0 Å². The fourth-order valence-electron chi connectivity index (χ4n) is 6.63. The van der Waals surface area contributed by atoms with Gasteiger partial charge in [-0.1, -0.05) is 12.1 Å². The van der Waals surface area contributed by atoms with Gasteiger partial charge in [-0.25, -0.2) is 19.3 Å². The van der Waals surface area contributed by atoms with Gasteiger partial charge in [-0.2, -0.15) is 0 Å². The topological polar surface area (TPSA) is 93.1 Å².